The number of hydrogen-bond acceptors (Lipinski definition) is 5. The van der Waals surface area contributed by atoms with E-state index in [0.29, 0.717) is 19.7 Å². The molecular formula is C16H18N4O3. The van der Waals surface area contributed by atoms with Crippen molar-refractivity contribution in [1.82, 2.24) is 19.9 Å². The monoisotopic (exact) mass is 314 g/mol. The zero-order valence-corrected chi connectivity index (χ0v) is 12.6. The lowest BCUT2D eigenvalue weighted by molar-refractivity contribution is -0.00698. The van der Waals surface area contributed by atoms with Crippen LogP contribution in [0.5, 0.6) is 0 Å². The van der Waals surface area contributed by atoms with Gasteiger partial charge in [0.05, 0.1) is 18.9 Å². The molecule has 0 bridgehead atoms. The number of hydrogen-bond donors (Lipinski definition) is 1. The van der Waals surface area contributed by atoms with Gasteiger partial charge in [-0.15, -0.1) is 0 Å². The van der Waals surface area contributed by atoms with E-state index >= 15 is 0 Å². The van der Waals surface area contributed by atoms with Gasteiger partial charge in [0.1, 0.15) is 5.69 Å². The Balaban J connectivity index is 1.58. The van der Waals surface area contributed by atoms with Gasteiger partial charge in [0.25, 0.3) is 11.5 Å². The van der Waals surface area contributed by atoms with Crippen LogP contribution in [0.25, 0.3) is 0 Å². The quantitative estimate of drug-likeness (QED) is 0.909. The zero-order chi connectivity index (χ0) is 16.1. The minimum absolute atomic E-state index is 0.00401. The Morgan fingerprint density at radius 3 is 3.09 bits per heavy atom. The normalized spacial score (nSPS) is 17.9. The van der Waals surface area contributed by atoms with Crippen molar-refractivity contribution in [1.29, 1.82) is 0 Å². The summed E-state index contributed by atoms with van der Waals surface area (Å²) < 4.78 is 5.89. The number of nitrogens with one attached hydrogen (secondary N) is 1. The summed E-state index contributed by atoms with van der Waals surface area (Å²) in [5.41, 5.74) is 0.939. The smallest absolute Gasteiger partial charge is 0.274 e. The van der Waals surface area contributed by atoms with Crippen LogP contribution in [0.3, 0.4) is 0 Å². The summed E-state index contributed by atoms with van der Waals surface area (Å²) in [6.45, 7) is 1.68. The van der Waals surface area contributed by atoms with Crippen LogP contribution >= 0.6 is 0 Å². The average molecular weight is 314 g/mol. The molecule has 2 aromatic heterocycles. The molecule has 0 unspecified atom stereocenters. The maximum atomic E-state index is 12.4. The van der Waals surface area contributed by atoms with Gasteiger partial charge in [-0.25, -0.2) is 4.98 Å². The van der Waals surface area contributed by atoms with Crippen LogP contribution in [0.2, 0.25) is 0 Å². The Kier molecular flexibility index (Phi) is 4.77. The summed E-state index contributed by atoms with van der Waals surface area (Å²) in [7, 11) is 0. The number of aromatic amines is 1. The number of piperidine rings is 1. The first-order valence-electron chi connectivity index (χ1n) is 7.57. The third-order valence-electron chi connectivity index (χ3n) is 3.77. The fourth-order valence-corrected chi connectivity index (χ4v) is 2.58. The highest BCUT2D eigenvalue weighted by atomic mass is 16.5. The lowest BCUT2D eigenvalue weighted by Gasteiger charge is -2.32. The van der Waals surface area contributed by atoms with Crippen molar-refractivity contribution < 1.29 is 9.53 Å². The second-order valence-electron chi connectivity index (χ2n) is 5.48. The standard InChI is InChI=1S/C16H18N4O3/c21-15-9-18-14(8-19-15)16(22)20-6-2-4-13(10-20)23-11-12-3-1-5-17-7-12/h1,3,5,7-9,13H,2,4,6,10-11H2,(H,19,21)/t13-/m0/s1. The van der Waals surface area contributed by atoms with Crippen LogP contribution in [0.1, 0.15) is 28.9 Å². The summed E-state index contributed by atoms with van der Waals surface area (Å²) in [4.78, 5) is 35.6. The Bertz CT molecular complexity index is 696. The lowest BCUT2D eigenvalue weighted by Crippen LogP contribution is -2.43. The molecular weight excluding hydrogens is 296 g/mol. The largest absolute Gasteiger partial charge is 0.372 e. The van der Waals surface area contributed by atoms with Gasteiger partial charge in [-0.1, -0.05) is 6.07 Å². The van der Waals surface area contributed by atoms with E-state index in [4.69, 9.17) is 4.74 Å². The van der Waals surface area contributed by atoms with Crippen LogP contribution in [0.15, 0.2) is 41.7 Å². The van der Waals surface area contributed by atoms with Crippen LogP contribution in [-0.2, 0) is 11.3 Å². The van der Waals surface area contributed by atoms with E-state index in [1.54, 1.807) is 17.3 Å². The number of rotatable bonds is 4. The molecule has 7 heteroatoms. The fourth-order valence-electron chi connectivity index (χ4n) is 2.58. The van der Waals surface area contributed by atoms with Crippen molar-refractivity contribution in [2.24, 2.45) is 0 Å². The van der Waals surface area contributed by atoms with Gasteiger partial charge >= 0.3 is 0 Å². The second-order valence-corrected chi connectivity index (χ2v) is 5.48. The summed E-state index contributed by atoms with van der Waals surface area (Å²) >= 11 is 0. The molecule has 0 spiro atoms. The molecule has 1 saturated heterocycles. The van der Waals surface area contributed by atoms with Gasteiger partial charge in [-0.05, 0) is 24.5 Å². The SMILES string of the molecule is O=C(c1c[nH]c(=O)cn1)N1CCC[C@H](OCc2cccnc2)C1. The minimum atomic E-state index is -0.321. The minimum Gasteiger partial charge on any atom is -0.372 e. The first-order chi connectivity index (χ1) is 11.2. The fraction of sp³-hybridized carbons (Fsp3) is 0.375. The summed E-state index contributed by atoms with van der Waals surface area (Å²) in [6, 6.07) is 3.83. The van der Waals surface area contributed by atoms with Gasteiger partial charge in [-0.2, -0.15) is 0 Å². The molecule has 1 aliphatic rings. The van der Waals surface area contributed by atoms with E-state index in [0.717, 1.165) is 24.6 Å². The Morgan fingerprint density at radius 2 is 2.35 bits per heavy atom. The molecule has 1 aliphatic heterocycles. The van der Waals surface area contributed by atoms with Crippen molar-refractivity contribution in [2.75, 3.05) is 13.1 Å². The average Bonchev–Trinajstić information content (AvgIpc) is 2.61. The van der Waals surface area contributed by atoms with Crippen LogP contribution < -0.4 is 5.56 Å². The highest BCUT2D eigenvalue weighted by Crippen LogP contribution is 2.16. The predicted molar refractivity (Wildman–Crippen MR) is 82.8 cm³/mol. The first-order valence-corrected chi connectivity index (χ1v) is 7.57. The highest BCUT2D eigenvalue weighted by molar-refractivity contribution is 5.92. The number of nitrogens with zero attached hydrogens (tertiary/aromatic N) is 3. The zero-order valence-electron chi connectivity index (χ0n) is 12.6. The molecule has 1 atom stereocenters. The number of aromatic nitrogens is 3. The number of carbonyl (C=O) groups is 1. The van der Waals surface area contributed by atoms with Gasteiger partial charge in [0.15, 0.2) is 0 Å². The summed E-state index contributed by atoms with van der Waals surface area (Å²) in [5, 5.41) is 0. The molecule has 120 valence electrons. The lowest BCUT2D eigenvalue weighted by atomic mass is 10.1. The van der Waals surface area contributed by atoms with E-state index in [9.17, 15) is 9.59 Å². The molecule has 0 aromatic carbocycles. The van der Waals surface area contributed by atoms with Crippen molar-refractivity contribution in [3.8, 4) is 0 Å². The molecule has 3 rings (SSSR count). The van der Waals surface area contributed by atoms with Crippen LogP contribution in [0, 0.1) is 0 Å². The van der Waals surface area contributed by atoms with E-state index in [1.807, 2.05) is 12.1 Å². The number of pyridine rings is 1. The molecule has 1 fully saturated rings. The van der Waals surface area contributed by atoms with Gasteiger partial charge in [0, 0.05) is 31.7 Å². The van der Waals surface area contributed by atoms with Gasteiger partial charge in [0.2, 0.25) is 0 Å². The van der Waals surface area contributed by atoms with E-state index < -0.39 is 0 Å². The number of carbonyl (C=O) groups excluding carboxylic acids is 1. The first kappa shape index (κ1) is 15.4. The van der Waals surface area contributed by atoms with Gasteiger partial charge < -0.3 is 14.6 Å². The van der Waals surface area contributed by atoms with Crippen molar-refractivity contribution in [2.45, 2.75) is 25.6 Å². The number of ether oxygens (including phenoxy) is 1. The molecule has 0 radical (unpaired) electrons. The third-order valence-corrected chi connectivity index (χ3v) is 3.77. The second kappa shape index (κ2) is 7.15. The molecule has 0 aliphatic carbocycles. The van der Waals surface area contributed by atoms with Crippen molar-refractivity contribution in [3.05, 3.63) is 58.5 Å². The highest BCUT2D eigenvalue weighted by Gasteiger charge is 2.25. The van der Waals surface area contributed by atoms with E-state index in [2.05, 4.69) is 15.0 Å². The van der Waals surface area contributed by atoms with Crippen molar-refractivity contribution in [3.63, 3.8) is 0 Å². The van der Waals surface area contributed by atoms with Crippen LogP contribution in [0.4, 0.5) is 0 Å². The molecule has 2 aromatic rings. The number of likely N-dealkylation sites (tertiary alicyclic amines) is 1. The van der Waals surface area contributed by atoms with Crippen molar-refractivity contribution >= 4 is 5.91 Å². The maximum absolute atomic E-state index is 12.4. The molecule has 1 N–H and O–H groups in total. The molecule has 0 saturated carbocycles. The third kappa shape index (κ3) is 4.01. The van der Waals surface area contributed by atoms with Crippen LogP contribution in [-0.4, -0.2) is 45.0 Å². The number of H-pyrrole nitrogens is 1. The predicted octanol–water partition coefficient (Wildman–Crippen LogP) is 0.986. The Morgan fingerprint density at radius 1 is 1.43 bits per heavy atom. The molecule has 3 heterocycles. The summed E-state index contributed by atoms with van der Waals surface area (Å²) in [5.74, 6) is -0.184. The maximum Gasteiger partial charge on any atom is 0.274 e. The van der Waals surface area contributed by atoms with E-state index in [-0.39, 0.29) is 23.3 Å². The Labute approximate surface area is 133 Å². The summed E-state index contributed by atoms with van der Waals surface area (Å²) in [6.07, 6.45) is 7.77. The number of amides is 1. The Hall–Kier alpha value is -2.54. The topological polar surface area (TPSA) is 88.2 Å². The van der Waals surface area contributed by atoms with E-state index in [1.165, 1.54) is 6.20 Å². The molecule has 23 heavy (non-hydrogen) atoms. The molecule has 7 nitrogen and oxygen atoms in total. The molecule has 1 amide bonds. The van der Waals surface area contributed by atoms with Gasteiger partial charge in [-0.3, -0.25) is 14.6 Å².